The van der Waals surface area contributed by atoms with E-state index >= 15 is 0 Å². The van der Waals surface area contributed by atoms with E-state index in [1.54, 1.807) is 6.33 Å². The molecule has 0 aliphatic heterocycles. The molecule has 0 radical (unpaired) electrons. The lowest BCUT2D eigenvalue weighted by atomic mass is 9.86. The summed E-state index contributed by atoms with van der Waals surface area (Å²) < 4.78 is 0. The molecule has 5 nitrogen and oxygen atoms in total. The first kappa shape index (κ1) is 13.8. The molecule has 0 saturated heterocycles. The third-order valence-corrected chi connectivity index (χ3v) is 3.66. The van der Waals surface area contributed by atoms with E-state index in [1.165, 1.54) is 0 Å². The smallest absolute Gasteiger partial charge is 0.306 e. The summed E-state index contributed by atoms with van der Waals surface area (Å²) in [6.45, 7) is 2.13. The second kappa shape index (κ2) is 6.50. The molecule has 19 heavy (non-hydrogen) atoms. The molecule has 104 valence electrons. The summed E-state index contributed by atoms with van der Waals surface area (Å²) in [7, 11) is 0. The third-order valence-electron chi connectivity index (χ3n) is 3.66. The van der Waals surface area contributed by atoms with Crippen LogP contribution in [0.1, 0.15) is 44.7 Å². The highest BCUT2D eigenvalue weighted by Gasteiger charge is 2.25. The van der Waals surface area contributed by atoms with Crippen molar-refractivity contribution in [1.29, 1.82) is 0 Å². The Morgan fingerprint density at radius 3 is 2.74 bits per heavy atom. The SMILES string of the molecule is CCCc1cc(NC2CCC(C(=O)O)CC2)ncn1. The van der Waals surface area contributed by atoms with Gasteiger partial charge in [-0.3, -0.25) is 4.79 Å². The van der Waals surface area contributed by atoms with Gasteiger partial charge in [0.1, 0.15) is 12.1 Å². The topological polar surface area (TPSA) is 75.1 Å². The van der Waals surface area contributed by atoms with Gasteiger partial charge >= 0.3 is 5.97 Å². The average Bonchev–Trinajstić information content (AvgIpc) is 2.40. The molecule has 1 aromatic heterocycles. The van der Waals surface area contributed by atoms with E-state index in [0.717, 1.165) is 50.0 Å². The molecule has 1 aliphatic rings. The summed E-state index contributed by atoms with van der Waals surface area (Å²) in [6, 6.07) is 2.33. The molecule has 1 aromatic rings. The van der Waals surface area contributed by atoms with Crippen molar-refractivity contribution in [3.63, 3.8) is 0 Å². The molecular weight excluding hydrogens is 242 g/mol. The van der Waals surface area contributed by atoms with E-state index in [4.69, 9.17) is 5.11 Å². The Labute approximate surface area is 113 Å². The van der Waals surface area contributed by atoms with Gasteiger partial charge in [-0.1, -0.05) is 13.3 Å². The number of nitrogens with one attached hydrogen (secondary N) is 1. The lowest BCUT2D eigenvalue weighted by Gasteiger charge is -2.27. The van der Waals surface area contributed by atoms with E-state index in [2.05, 4.69) is 22.2 Å². The molecule has 0 spiro atoms. The van der Waals surface area contributed by atoms with Gasteiger partial charge in [-0.05, 0) is 32.1 Å². The Kier molecular flexibility index (Phi) is 4.71. The van der Waals surface area contributed by atoms with Gasteiger partial charge in [-0.15, -0.1) is 0 Å². The number of carboxylic acids is 1. The van der Waals surface area contributed by atoms with Crippen LogP contribution in [0.25, 0.3) is 0 Å². The van der Waals surface area contributed by atoms with Gasteiger partial charge < -0.3 is 10.4 Å². The maximum absolute atomic E-state index is 10.9. The molecule has 0 aromatic carbocycles. The number of carboxylic acid groups (broad SMARTS) is 1. The molecule has 1 heterocycles. The Bertz CT molecular complexity index is 428. The zero-order valence-corrected chi connectivity index (χ0v) is 11.3. The summed E-state index contributed by atoms with van der Waals surface area (Å²) in [4.78, 5) is 19.4. The maximum Gasteiger partial charge on any atom is 0.306 e. The summed E-state index contributed by atoms with van der Waals surface area (Å²) in [5.74, 6) is 0.0297. The Hall–Kier alpha value is -1.65. The van der Waals surface area contributed by atoms with Crippen molar-refractivity contribution in [2.24, 2.45) is 5.92 Å². The van der Waals surface area contributed by atoms with Gasteiger partial charge in [0.2, 0.25) is 0 Å². The molecular formula is C14H21N3O2. The number of aromatic nitrogens is 2. The summed E-state index contributed by atoms with van der Waals surface area (Å²) in [5.41, 5.74) is 1.05. The minimum atomic E-state index is -0.661. The van der Waals surface area contributed by atoms with E-state index in [0.29, 0.717) is 6.04 Å². The van der Waals surface area contributed by atoms with Crippen LogP contribution in [0.3, 0.4) is 0 Å². The summed E-state index contributed by atoms with van der Waals surface area (Å²) in [6.07, 6.45) is 6.91. The van der Waals surface area contributed by atoms with Gasteiger partial charge in [0.15, 0.2) is 0 Å². The first-order valence-corrected chi connectivity index (χ1v) is 6.99. The second-order valence-electron chi connectivity index (χ2n) is 5.18. The summed E-state index contributed by atoms with van der Waals surface area (Å²) in [5, 5.41) is 12.4. The Morgan fingerprint density at radius 2 is 2.11 bits per heavy atom. The number of hydrogen-bond acceptors (Lipinski definition) is 4. The van der Waals surface area contributed by atoms with Crippen LogP contribution in [0.15, 0.2) is 12.4 Å². The van der Waals surface area contributed by atoms with Gasteiger partial charge in [0.05, 0.1) is 5.92 Å². The van der Waals surface area contributed by atoms with Crippen molar-refractivity contribution in [2.75, 3.05) is 5.32 Å². The van der Waals surface area contributed by atoms with E-state index < -0.39 is 5.97 Å². The van der Waals surface area contributed by atoms with Crippen molar-refractivity contribution < 1.29 is 9.90 Å². The number of aryl methyl sites for hydroxylation is 1. The van der Waals surface area contributed by atoms with Gasteiger partial charge in [0, 0.05) is 17.8 Å². The summed E-state index contributed by atoms with van der Waals surface area (Å²) >= 11 is 0. The number of carbonyl (C=O) groups is 1. The Morgan fingerprint density at radius 1 is 1.37 bits per heavy atom. The van der Waals surface area contributed by atoms with Gasteiger partial charge in [0.25, 0.3) is 0 Å². The van der Waals surface area contributed by atoms with Crippen LogP contribution >= 0.6 is 0 Å². The van der Waals surface area contributed by atoms with Crippen LogP contribution in [0.5, 0.6) is 0 Å². The minimum Gasteiger partial charge on any atom is -0.481 e. The highest BCUT2D eigenvalue weighted by molar-refractivity contribution is 5.70. The highest BCUT2D eigenvalue weighted by Crippen LogP contribution is 2.26. The van der Waals surface area contributed by atoms with Crippen LogP contribution in [0, 0.1) is 5.92 Å². The molecule has 2 N–H and O–H groups in total. The molecule has 0 atom stereocenters. The molecule has 1 fully saturated rings. The van der Waals surface area contributed by atoms with E-state index in [-0.39, 0.29) is 5.92 Å². The minimum absolute atomic E-state index is 0.167. The molecule has 1 aliphatic carbocycles. The molecule has 5 heteroatoms. The largest absolute Gasteiger partial charge is 0.481 e. The zero-order chi connectivity index (χ0) is 13.7. The van der Waals surface area contributed by atoms with E-state index in [1.807, 2.05) is 6.07 Å². The fourth-order valence-corrected chi connectivity index (χ4v) is 2.56. The normalized spacial score (nSPS) is 23.0. The first-order valence-electron chi connectivity index (χ1n) is 6.99. The average molecular weight is 263 g/mol. The number of nitrogens with zero attached hydrogens (tertiary/aromatic N) is 2. The predicted molar refractivity (Wildman–Crippen MR) is 73.0 cm³/mol. The second-order valence-corrected chi connectivity index (χ2v) is 5.18. The zero-order valence-electron chi connectivity index (χ0n) is 11.3. The van der Waals surface area contributed by atoms with Crippen LogP contribution in [-0.2, 0) is 11.2 Å². The molecule has 1 saturated carbocycles. The maximum atomic E-state index is 10.9. The quantitative estimate of drug-likeness (QED) is 0.853. The first-order chi connectivity index (χ1) is 9.19. The van der Waals surface area contributed by atoms with Crippen LogP contribution < -0.4 is 5.32 Å². The van der Waals surface area contributed by atoms with Gasteiger partial charge in [-0.2, -0.15) is 0 Å². The van der Waals surface area contributed by atoms with E-state index in [9.17, 15) is 4.79 Å². The standard InChI is InChI=1S/C14H21N3O2/c1-2-3-12-8-13(16-9-15-12)17-11-6-4-10(5-7-11)14(18)19/h8-11H,2-7H2,1H3,(H,18,19)(H,15,16,17). The van der Waals surface area contributed by atoms with Crippen molar-refractivity contribution >= 4 is 11.8 Å². The Balaban J connectivity index is 1.88. The number of rotatable bonds is 5. The van der Waals surface area contributed by atoms with Crippen molar-refractivity contribution in [3.8, 4) is 0 Å². The lowest BCUT2D eigenvalue weighted by molar-refractivity contribution is -0.142. The number of anilines is 1. The molecule has 2 rings (SSSR count). The van der Waals surface area contributed by atoms with Crippen molar-refractivity contribution in [1.82, 2.24) is 9.97 Å². The fraction of sp³-hybridized carbons (Fsp3) is 0.643. The predicted octanol–water partition coefficient (Wildman–Crippen LogP) is 2.48. The fourth-order valence-electron chi connectivity index (χ4n) is 2.56. The molecule has 0 bridgehead atoms. The van der Waals surface area contributed by atoms with Crippen LogP contribution in [0.2, 0.25) is 0 Å². The molecule has 0 amide bonds. The highest BCUT2D eigenvalue weighted by atomic mass is 16.4. The lowest BCUT2D eigenvalue weighted by Crippen LogP contribution is -2.29. The molecule has 0 unspecified atom stereocenters. The third kappa shape index (κ3) is 3.91. The van der Waals surface area contributed by atoms with Crippen LogP contribution in [-0.4, -0.2) is 27.1 Å². The number of hydrogen-bond donors (Lipinski definition) is 2. The van der Waals surface area contributed by atoms with Crippen molar-refractivity contribution in [2.45, 2.75) is 51.5 Å². The number of aliphatic carboxylic acids is 1. The van der Waals surface area contributed by atoms with Gasteiger partial charge in [-0.25, -0.2) is 9.97 Å². The van der Waals surface area contributed by atoms with Crippen LogP contribution in [0.4, 0.5) is 5.82 Å². The van der Waals surface area contributed by atoms with Crippen molar-refractivity contribution in [3.05, 3.63) is 18.1 Å². The monoisotopic (exact) mass is 263 g/mol.